The van der Waals surface area contributed by atoms with Gasteiger partial charge in [-0.15, -0.1) is 0 Å². The van der Waals surface area contributed by atoms with Gasteiger partial charge in [-0.3, -0.25) is 14.6 Å². The lowest BCUT2D eigenvalue weighted by Crippen LogP contribution is -2.53. The van der Waals surface area contributed by atoms with Crippen molar-refractivity contribution in [3.8, 4) is 11.5 Å². The van der Waals surface area contributed by atoms with E-state index in [1.165, 1.54) is 31.3 Å². The first-order valence-electron chi connectivity index (χ1n) is 12.7. The van der Waals surface area contributed by atoms with Crippen LogP contribution < -0.4 is 14.8 Å². The number of nitrogens with one attached hydrogen (secondary N) is 1. The number of methoxy groups -OCH3 is 2. The van der Waals surface area contributed by atoms with Crippen molar-refractivity contribution in [3.05, 3.63) is 70.7 Å². The van der Waals surface area contributed by atoms with Gasteiger partial charge in [-0.1, -0.05) is 18.2 Å². The maximum atomic E-state index is 14.1. The third kappa shape index (κ3) is 5.83. The molecule has 0 aliphatic carbocycles. The van der Waals surface area contributed by atoms with E-state index in [9.17, 15) is 18.8 Å². The fourth-order valence-electron chi connectivity index (χ4n) is 4.81. The van der Waals surface area contributed by atoms with Crippen molar-refractivity contribution in [2.24, 2.45) is 0 Å². The molecule has 0 unspecified atom stereocenters. The summed E-state index contributed by atoms with van der Waals surface area (Å²) < 4.78 is 30.3. The fourth-order valence-corrected chi connectivity index (χ4v) is 4.81. The highest BCUT2D eigenvalue weighted by molar-refractivity contribution is 5.95. The van der Waals surface area contributed by atoms with Crippen molar-refractivity contribution >= 4 is 17.9 Å². The van der Waals surface area contributed by atoms with Gasteiger partial charge in [0.15, 0.2) is 11.5 Å². The third-order valence-corrected chi connectivity index (χ3v) is 6.95. The van der Waals surface area contributed by atoms with Crippen molar-refractivity contribution in [3.63, 3.8) is 0 Å². The Bertz CT molecular complexity index is 1270. The van der Waals surface area contributed by atoms with Crippen molar-refractivity contribution in [2.75, 3.05) is 60.6 Å². The summed E-state index contributed by atoms with van der Waals surface area (Å²) >= 11 is 0. The summed E-state index contributed by atoms with van der Waals surface area (Å²) in [4.78, 5) is 44.2. The lowest BCUT2D eigenvalue weighted by molar-refractivity contribution is -0.139. The molecule has 3 amide bonds. The Balaban J connectivity index is 1.61. The van der Waals surface area contributed by atoms with Gasteiger partial charge in [0, 0.05) is 45.5 Å². The SMILES string of the molecule is CCOC(=O)C1=C(CN2CCN(C(=O)c3ccccc3F)CC2)N(C)C(=O)N[C@H]1c1ccc(OC)c(OC)c1. The standard InChI is InChI=1S/C28H33FN4O6/c1-5-39-27(35)24-21(17-32-12-14-33(15-13-32)26(34)19-8-6-7-9-20(19)29)31(2)28(36)30-25(24)18-10-11-22(37-3)23(16-18)38-4/h6-11,16,25H,5,12-15,17H2,1-4H3,(H,30,36)/t25-/m0/s1. The van der Waals surface area contributed by atoms with E-state index in [0.29, 0.717) is 54.5 Å². The van der Waals surface area contributed by atoms with Gasteiger partial charge >= 0.3 is 12.0 Å². The number of benzene rings is 2. The van der Waals surface area contributed by atoms with Gasteiger partial charge in [0.05, 0.1) is 38.0 Å². The highest BCUT2D eigenvalue weighted by atomic mass is 19.1. The molecule has 0 aromatic heterocycles. The number of nitrogens with zero attached hydrogens (tertiary/aromatic N) is 3. The Hall–Kier alpha value is -4.12. The molecule has 0 spiro atoms. The number of hydrogen-bond acceptors (Lipinski definition) is 7. The van der Waals surface area contributed by atoms with Crippen molar-refractivity contribution in [1.82, 2.24) is 20.0 Å². The number of ether oxygens (including phenoxy) is 3. The van der Waals surface area contributed by atoms with E-state index in [2.05, 4.69) is 10.2 Å². The Morgan fingerprint density at radius 3 is 2.36 bits per heavy atom. The number of carbonyl (C=O) groups excluding carboxylic acids is 3. The molecule has 208 valence electrons. The average molecular weight is 541 g/mol. The summed E-state index contributed by atoms with van der Waals surface area (Å²) in [6.45, 7) is 3.90. The molecule has 0 saturated carbocycles. The topological polar surface area (TPSA) is 101 Å². The summed E-state index contributed by atoms with van der Waals surface area (Å²) in [5, 5.41) is 2.90. The van der Waals surface area contributed by atoms with Gasteiger partial charge in [-0.25, -0.2) is 14.0 Å². The molecular formula is C28H33FN4O6. The second-order valence-corrected chi connectivity index (χ2v) is 9.18. The van der Waals surface area contributed by atoms with Gasteiger partial charge in [0.25, 0.3) is 5.91 Å². The molecule has 2 aliphatic rings. The first-order chi connectivity index (χ1) is 18.8. The first-order valence-corrected chi connectivity index (χ1v) is 12.7. The van der Waals surface area contributed by atoms with Gasteiger partial charge in [0.1, 0.15) is 5.82 Å². The molecule has 4 rings (SSSR count). The molecule has 2 aliphatic heterocycles. The van der Waals surface area contributed by atoms with Gasteiger partial charge in [0.2, 0.25) is 0 Å². The predicted octanol–water partition coefficient (Wildman–Crippen LogP) is 2.81. The highest BCUT2D eigenvalue weighted by Gasteiger charge is 2.38. The number of urea groups is 1. The minimum absolute atomic E-state index is 0.0414. The summed E-state index contributed by atoms with van der Waals surface area (Å²) in [5.41, 5.74) is 1.50. The monoisotopic (exact) mass is 540 g/mol. The molecule has 2 heterocycles. The Morgan fingerprint density at radius 1 is 1.03 bits per heavy atom. The van der Waals surface area contributed by atoms with Crippen LogP contribution >= 0.6 is 0 Å². The summed E-state index contributed by atoms with van der Waals surface area (Å²) in [7, 11) is 4.65. The lowest BCUT2D eigenvalue weighted by Gasteiger charge is -2.39. The van der Waals surface area contributed by atoms with Crippen LogP contribution in [0.1, 0.15) is 28.9 Å². The number of halogens is 1. The summed E-state index contributed by atoms with van der Waals surface area (Å²) in [5.74, 6) is -0.464. The van der Waals surface area contributed by atoms with Crippen LogP contribution in [0.15, 0.2) is 53.7 Å². The molecular weight excluding hydrogens is 507 g/mol. The number of hydrogen-bond donors (Lipinski definition) is 1. The average Bonchev–Trinajstić information content (AvgIpc) is 2.95. The molecule has 11 heteroatoms. The number of esters is 1. The molecule has 0 radical (unpaired) electrons. The van der Waals surface area contributed by atoms with Crippen LogP contribution in [0.3, 0.4) is 0 Å². The van der Waals surface area contributed by atoms with E-state index in [4.69, 9.17) is 14.2 Å². The van der Waals surface area contributed by atoms with E-state index >= 15 is 0 Å². The molecule has 39 heavy (non-hydrogen) atoms. The maximum absolute atomic E-state index is 14.1. The number of likely N-dealkylation sites (N-methyl/N-ethyl adjacent to an activating group) is 1. The molecule has 1 fully saturated rings. The molecule has 0 bridgehead atoms. The van der Waals surface area contributed by atoms with Crippen molar-refractivity contribution < 1.29 is 33.0 Å². The Labute approximate surface area is 226 Å². The lowest BCUT2D eigenvalue weighted by atomic mass is 9.94. The molecule has 2 aromatic carbocycles. The zero-order valence-electron chi connectivity index (χ0n) is 22.5. The number of piperazine rings is 1. The van der Waals surface area contributed by atoms with E-state index < -0.39 is 17.8 Å². The fraction of sp³-hybridized carbons (Fsp3) is 0.393. The van der Waals surface area contributed by atoms with Crippen molar-refractivity contribution in [1.29, 1.82) is 0 Å². The smallest absolute Gasteiger partial charge is 0.338 e. The minimum Gasteiger partial charge on any atom is -0.493 e. The van der Waals surface area contributed by atoms with Gasteiger partial charge in [-0.05, 0) is 36.8 Å². The van der Waals surface area contributed by atoms with Gasteiger partial charge < -0.3 is 24.4 Å². The van der Waals surface area contributed by atoms with E-state index in [1.807, 2.05) is 0 Å². The van der Waals surface area contributed by atoms with Crippen LogP contribution in [0.4, 0.5) is 9.18 Å². The van der Waals surface area contributed by atoms with E-state index in [-0.39, 0.29) is 30.7 Å². The molecule has 1 saturated heterocycles. The second-order valence-electron chi connectivity index (χ2n) is 9.18. The van der Waals surface area contributed by atoms with Crippen LogP contribution in [-0.2, 0) is 9.53 Å². The Morgan fingerprint density at radius 2 is 1.72 bits per heavy atom. The van der Waals surface area contributed by atoms with Crippen LogP contribution in [0, 0.1) is 5.82 Å². The summed E-state index contributed by atoms with van der Waals surface area (Å²) in [6.07, 6.45) is 0. The zero-order valence-corrected chi connectivity index (χ0v) is 22.5. The maximum Gasteiger partial charge on any atom is 0.338 e. The largest absolute Gasteiger partial charge is 0.493 e. The number of amides is 3. The highest BCUT2D eigenvalue weighted by Crippen LogP contribution is 2.36. The van der Waals surface area contributed by atoms with E-state index in [0.717, 1.165) is 0 Å². The molecule has 1 atom stereocenters. The van der Waals surface area contributed by atoms with Crippen LogP contribution in [-0.4, -0.2) is 93.2 Å². The quantitative estimate of drug-likeness (QED) is 0.514. The zero-order chi connectivity index (χ0) is 28.1. The van der Waals surface area contributed by atoms with Crippen LogP contribution in [0.5, 0.6) is 11.5 Å². The third-order valence-electron chi connectivity index (χ3n) is 6.95. The predicted molar refractivity (Wildman–Crippen MR) is 141 cm³/mol. The van der Waals surface area contributed by atoms with Crippen LogP contribution in [0.25, 0.3) is 0 Å². The Kier molecular flexibility index (Phi) is 8.70. The minimum atomic E-state index is -0.772. The van der Waals surface area contributed by atoms with Crippen LogP contribution in [0.2, 0.25) is 0 Å². The molecule has 2 aromatic rings. The second kappa shape index (κ2) is 12.2. The number of rotatable bonds is 8. The van der Waals surface area contributed by atoms with Crippen molar-refractivity contribution in [2.45, 2.75) is 13.0 Å². The molecule has 1 N–H and O–H groups in total. The summed E-state index contributed by atoms with van der Waals surface area (Å²) in [6, 6.07) is 9.99. The van der Waals surface area contributed by atoms with Gasteiger partial charge in [-0.2, -0.15) is 0 Å². The van der Waals surface area contributed by atoms with E-state index in [1.54, 1.807) is 49.2 Å². The number of carbonyl (C=O) groups is 3. The molecule has 10 nitrogen and oxygen atoms in total. The first kappa shape index (κ1) is 27.9. The normalized spacial score (nSPS) is 18.1.